The van der Waals surface area contributed by atoms with Crippen LogP contribution < -0.4 is 5.56 Å². The lowest BCUT2D eigenvalue weighted by molar-refractivity contribution is 0.394. The van der Waals surface area contributed by atoms with Gasteiger partial charge in [-0.2, -0.15) is 0 Å². The summed E-state index contributed by atoms with van der Waals surface area (Å²) in [5, 5.41) is 4.97. The largest absolute Gasteiger partial charge is 0.360 e. The normalized spacial score (nSPS) is 11.2. The molecule has 0 N–H and O–H groups in total. The van der Waals surface area contributed by atoms with Gasteiger partial charge in [-0.15, -0.1) is 0 Å². The maximum absolute atomic E-state index is 12.6. The fourth-order valence-electron chi connectivity index (χ4n) is 2.14. The van der Waals surface area contributed by atoms with E-state index in [-0.39, 0.29) is 5.56 Å². The van der Waals surface area contributed by atoms with Gasteiger partial charge >= 0.3 is 0 Å². The number of halogens is 1. The zero-order valence-corrected chi connectivity index (χ0v) is 11.8. The van der Waals surface area contributed by atoms with Gasteiger partial charge in [0.2, 0.25) is 0 Å². The number of aromatic nitrogens is 3. The molecule has 0 aliphatic rings. The van der Waals surface area contributed by atoms with Gasteiger partial charge in [0.15, 0.2) is 5.82 Å². The van der Waals surface area contributed by atoms with Gasteiger partial charge in [0.25, 0.3) is 5.56 Å². The Labute approximate surface area is 119 Å². The standard InChI is InChI=1S/C14H12ClN3O2/c1-3-12-16-11-7-9(15)4-5-10(11)14(19)18(12)13-6-8(2)20-17-13/h4-7H,3H2,1-2H3. The molecule has 2 aromatic heterocycles. The van der Waals surface area contributed by atoms with Gasteiger partial charge in [0.1, 0.15) is 11.6 Å². The highest BCUT2D eigenvalue weighted by Crippen LogP contribution is 2.17. The molecule has 0 aliphatic heterocycles. The van der Waals surface area contributed by atoms with E-state index in [0.29, 0.717) is 39.7 Å². The summed E-state index contributed by atoms with van der Waals surface area (Å²) in [6, 6.07) is 6.76. The molecule has 5 nitrogen and oxygen atoms in total. The third-order valence-corrected chi connectivity index (χ3v) is 3.30. The molecule has 0 saturated heterocycles. The lowest BCUT2D eigenvalue weighted by Crippen LogP contribution is -2.23. The molecule has 0 bridgehead atoms. The van der Waals surface area contributed by atoms with E-state index in [4.69, 9.17) is 16.1 Å². The van der Waals surface area contributed by atoms with E-state index in [1.54, 1.807) is 31.2 Å². The predicted octanol–water partition coefficient (Wildman–Crippen LogP) is 2.90. The molecule has 0 saturated carbocycles. The lowest BCUT2D eigenvalue weighted by Gasteiger charge is -2.09. The van der Waals surface area contributed by atoms with Gasteiger partial charge in [-0.05, 0) is 25.1 Å². The van der Waals surface area contributed by atoms with Crippen LogP contribution in [0.5, 0.6) is 0 Å². The van der Waals surface area contributed by atoms with Crippen LogP contribution in [0.4, 0.5) is 0 Å². The summed E-state index contributed by atoms with van der Waals surface area (Å²) in [5.74, 6) is 1.72. The molecule has 1 aromatic carbocycles. The van der Waals surface area contributed by atoms with E-state index in [2.05, 4.69) is 10.1 Å². The Balaban J connectivity index is 2.39. The van der Waals surface area contributed by atoms with Crippen molar-refractivity contribution < 1.29 is 4.52 Å². The third kappa shape index (κ3) is 2.00. The summed E-state index contributed by atoms with van der Waals surface area (Å²) in [4.78, 5) is 17.1. The van der Waals surface area contributed by atoms with Crippen molar-refractivity contribution >= 4 is 22.5 Å². The zero-order valence-electron chi connectivity index (χ0n) is 11.1. The summed E-state index contributed by atoms with van der Waals surface area (Å²) >= 11 is 5.95. The van der Waals surface area contributed by atoms with Crippen LogP contribution in [-0.4, -0.2) is 14.7 Å². The molecule has 3 aromatic rings. The van der Waals surface area contributed by atoms with E-state index >= 15 is 0 Å². The molecular formula is C14H12ClN3O2. The molecule has 0 unspecified atom stereocenters. The quantitative estimate of drug-likeness (QED) is 0.728. The summed E-state index contributed by atoms with van der Waals surface area (Å²) in [7, 11) is 0. The van der Waals surface area contributed by atoms with Crippen molar-refractivity contribution in [2.75, 3.05) is 0 Å². The van der Waals surface area contributed by atoms with Crippen LogP contribution in [-0.2, 0) is 6.42 Å². The summed E-state index contributed by atoms with van der Waals surface area (Å²) < 4.78 is 6.52. The van der Waals surface area contributed by atoms with E-state index in [1.807, 2.05) is 6.92 Å². The maximum Gasteiger partial charge on any atom is 0.267 e. The van der Waals surface area contributed by atoms with Crippen molar-refractivity contribution in [2.45, 2.75) is 20.3 Å². The first-order chi connectivity index (χ1) is 9.60. The van der Waals surface area contributed by atoms with Crippen LogP contribution in [0.1, 0.15) is 18.5 Å². The molecule has 0 aliphatic carbocycles. The first kappa shape index (κ1) is 12.9. The van der Waals surface area contributed by atoms with Crippen molar-refractivity contribution in [3.63, 3.8) is 0 Å². The van der Waals surface area contributed by atoms with Gasteiger partial charge in [0.05, 0.1) is 10.9 Å². The molecular weight excluding hydrogens is 278 g/mol. The highest BCUT2D eigenvalue weighted by molar-refractivity contribution is 6.31. The molecule has 0 spiro atoms. The number of hydrogen-bond donors (Lipinski definition) is 0. The predicted molar refractivity (Wildman–Crippen MR) is 76.5 cm³/mol. The first-order valence-corrected chi connectivity index (χ1v) is 6.63. The Morgan fingerprint density at radius 1 is 1.35 bits per heavy atom. The Hall–Kier alpha value is -2.14. The SMILES string of the molecule is CCc1nc2cc(Cl)ccc2c(=O)n1-c1cc(C)on1. The van der Waals surface area contributed by atoms with Crippen molar-refractivity contribution in [3.8, 4) is 5.82 Å². The van der Waals surface area contributed by atoms with Crippen molar-refractivity contribution in [1.29, 1.82) is 0 Å². The minimum Gasteiger partial charge on any atom is -0.360 e. The smallest absolute Gasteiger partial charge is 0.267 e. The summed E-state index contributed by atoms with van der Waals surface area (Å²) in [6.07, 6.45) is 0.601. The van der Waals surface area contributed by atoms with Crippen LogP contribution in [0.3, 0.4) is 0 Å². The Kier molecular flexibility index (Phi) is 3.06. The van der Waals surface area contributed by atoms with E-state index in [0.717, 1.165) is 0 Å². The molecule has 2 heterocycles. The number of fused-ring (bicyclic) bond motifs is 1. The van der Waals surface area contributed by atoms with Gasteiger partial charge in [-0.1, -0.05) is 23.7 Å². The molecule has 20 heavy (non-hydrogen) atoms. The number of benzene rings is 1. The van der Waals surface area contributed by atoms with Gasteiger partial charge in [-0.3, -0.25) is 4.79 Å². The summed E-state index contributed by atoms with van der Waals surface area (Å²) in [6.45, 7) is 3.71. The van der Waals surface area contributed by atoms with Crippen LogP contribution in [0.15, 0.2) is 33.6 Å². The highest BCUT2D eigenvalue weighted by atomic mass is 35.5. The fraction of sp³-hybridized carbons (Fsp3) is 0.214. The molecule has 0 radical (unpaired) electrons. The highest BCUT2D eigenvalue weighted by Gasteiger charge is 2.14. The number of nitrogens with zero attached hydrogens (tertiary/aromatic N) is 3. The number of aryl methyl sites for hydroxylation is 2. The van der Waals surface area contributed by atoms with Crippen molar-refractivity contribution in [1.82, 2.24) is 14.7 Å². The number of hydrogen-bond acceptors (Lipinski definition) is 4. The molecule has 102 valence electrons. The van der Waals surface area contributed by atoms with Crippen LogP contribution >= 0.6 is 11.6 Å². The van der Waals surface area contributed by atoms with Gasteiger partial charge in [-0.25, -0.2) is 9.55 Å². The third-order valence-electron chi connectivity index (χ3n) is 3.06. The molecule has 0 atom stereocenters. The maximum atomic E-state index is 12.6. The summed E-state index contributed by atoms with van der Waals surface area (Å²) in [5.41, 5.74) is 0.424. The van der Waals surface area contributed by atoms with Crippen LogP contribution in [0.25, 0.3) is 16.7 Å². The Morgan fingerprint density at radius 2 is 2.15 bits per heavy atom. The van der Waals surface area contributed by atoms with E-state index < -0.39 is 0 Å². The average molecular weight is 290 g/mol. The van der Waals surface area contributed by atoms with E-state index in [1.165, 1.54) is 4.57 Å². The number of rotatable bonds is 2. The second-order valence-electron chi connectivity index (χ2n) is 4.48. The zero-order chi connectivity index (χ0) is 14.3. The van der Waals surface area contributed by atoms with Gasteiger partial charge in [0, 0.05) is 17.5 Å². The van der Waals surface area contributed by atoms with E-state index in [9.17, 15) is 4.79 Å². The minimum absolute atomic E-state index is 0.170. The van der Waals surface area contributed by atoms with Crippen molar-refractivity contribution in [2.24, 2.45) is 0 Å². The topological polar surface area (TPSA) is 60.9 Å². The second kappa shape index (κ2) is 4.76. The molecule has 0 fully saturated rings. The molecule has 6 heteroatoms. The van der Waals surface area contributed by atoms with Gasteiger partial charge < -0.3 is 4.52 Å². The first-order valence-electron chi connectivity index (χ1n) is 6.25. The second-order valence-corrected chi connectivity index (χ2v) is 4.92. The van der Waals surface area contributed by atoms with Crippen molar-refractivity contribution in [3.05, 3.63) is 51.2 Å². The molecule has 0 amide bonds. The average Bonchev–Trinajstić information content (AvgIpc) is 2.84. The monoisotopic (exact) mass is 289 g/mol. The fourth-order valence-corrected chi connectivity index (χ4v) is 2.30. The van der Waals surface area contributed by atoms with Crippen LogP contribution in [0.2, 0.25) is 5.02 Å². The Bertz CT molecular complexity index is 851. The minimum atomic E-state index is -0.170. The Morgan fingerprint density at radius 3 is 2.80 bits per heavy atom. The van der Waals surface area contributed by atoms with Crippen LogP contribution in [0, 0.1) is 6.92 Å². The lowest BCUT2D eigenvalue weighted by atomic mass is 10.2. The molecule has 3 rings (SSSR count).